The largest absolute Gasteiger partial charge is 0.504 e. The van der Waals surface area contributed by atoms with Crippen molar-refractivity contribution in [1.29, 1.82) is 0 Å². The number of para-hydroxylation sites is 2. The summed E-state index contributed by atoms with van der Waals surface area (Å²) in [6, 6.07) is 19.7. The number of nitro groups is 1. The van der Waals surface area contributed by atoms with Crippen molar-refractivity contribution in [3.8, 4) is 11.5 Å². The Kier molecular flexibility index (Phi) is 15.6. The van der Waals surface area contributed by atoms with E-state index in [1.54, 1.807) is 28.9 Å². The molecule has 0 bridgehead atoms. The predicted molar refractivity (Wildman–Crippen MR) is 211 cm³/mol. The summed E-state index contributed by atoms with van der Waals surface area (Å²) >= 11 is 0. The van der Waals surface area contributed by atoms with Gasteiger partial charge < -0.3 is 49.8 Å². The average molecular weight is 755 g/mol. The van der Waals surface area contributed by atoms with Gasteiger partial charge in [-0.3, -0.25) is 10.1 Å². The number of nitrogens with two attached hydrogens (primary N) is 1. The first kappa shape index (κ1) is 43.0. The van der Waals surface area contributed by atoms with Gasteiger partial charge in [-0.1, -0.05) is 42.5 Å². The van der Waals surface area contributed by atoms with E-state index in [0.29, 0.717) is 69.4 Å². The molecule has 0 saturated carbocycles. The van der Waals surface area contributed by atoms with Gasteiger partial charge in [-0.15, -0.1) is 0 Å². The van der Waals surface area contributed by atoms with Gasteiger partial charge in [-0.2, -0.15) is 0 Å². The number of phenolic OH excluding ortho intramolecular Hbond substituents is 1. The molecule has 0 unspecified atom stereocenters. The maximum atomic E-state index is 12.3. The van der Waals surface area contributed by atoms with Gasteiger partial charge in [0.25, 0.3) is 0 Å². The van der Waals surface area contributed by atoms with Crippen molar-refractivity contribution in [3.05, 3.63) is 82.4 Å². The number of aliphatic hydroxyl groups excluding tert-OH is 1. The average Bonchev–Trinajstić information content (AvgIpc) is 3.11. The Morgan fingerprint density at radius 3 is 1.67 bits per heavy atom. The van der Waals surface area contributed by atoms with Gasteiger partial charge in [-0.25, -0.2) is 9.59 Å². The molecule has 15 heteroatoms. The van der Waals surface area contributed by atoms with Crippen LogP contribution in [-0.4, -0.2) is 107 Å². The molecule has 2 amide bonds. The van der Waals surface area contributed by atoms with Crippen LogP contribution in [0.25, 0.3) is 0 Å². The van der Waals surface area contributed by atoms with Crippen molar-refractivity contribution in [2.45, 2.75) is 66.3 Å². The topological polar surface area (TPSA) is 184 Å². The van der Waals surface area contributed by atoms with Crippen molar-refractivity contribution < 1.29 is 40.4 Å². The molecule has 54 heavy (non-hydrogen) atoms. The van der Waals surface area contributed by atoms with E-state index in [4.69, 9.17) is 25.1 Å². The highest BCUT2D eigenvalue weighted by Gasteiger charge is 2.30. The number of nitro benzene ring substituents is 1. The van der Waals surface area contributed by atoms with E-state index in [9.17, 15) is 24.8 Å². The van der Waals surface area contributed by atoms with Crippen molar-refractivity contribution in [2.24, 2.45) is 0 Å². The van der Waals surface area contributed by atoms with E-state index in [1.807, 2.05) is 99.9 Å². The fraction of sp³-hybridized carbons (Fsp3) is 0.487. The first-order chi connectivity index (χ1) is 25.4. The number of piperazine rings is 2. The van der Waals surface area contributed by atoms with Crippen molar-refractivity contribution >= 4 is 34.9 Å². The zero-order chi connectivity index (χ0) is 40.1. The Balaban J connectivity index is 0.000000367. The molecule has 2 heterocycles. The summed E-state index contributed by atoms with van der Waals surface area (Å²) in [7, 11) is 0. The molecule has 0 radical (unpaired) electrons. The van der Waals surface area contributed by atoms with Gasteiger partial charge in [0.15, 0.2) is 5.75 Å². The first-order valence-corrected chi connectivity index (χ1v) is 18.0. The Hall–Kier alpha value is -5.44. The highest BCUT2D eigenvalue weighted by atomic mass is 16.6. The molecular weight excluding hydrogens is 696 g/mol. The molecule has 2 aliphatic rings. The van der Waals surface area contributed by atoms with Crippen LogP contribution >= 0.6 is 0 Å². The fourth-order valence-electron chi connectivity index (χ4n) is 5.50. The third-order valence-corrected chi connectivity index (χ3v) is 7.99. The van der Waals surface area contributed by atoms with Crippen molar-refractivity contribution in [2.75, 3.05) is 74.5 Å². The molecule has 0 atom stereocenters. The molecule has 4 N–H and O–H groups in total. The van der Waals surface area contributed by atoms with Crippen molar-refractivity contribution in [1.82, 2.24) is 9.80 Å². The number of nitrogen functional groups attached to an aromatic ring is 1. The normalized spacial score (nSPS) is 14.5. The van der Waals surface area contributed by atoms with Gasteiger partial charge in [0.2, 0.25) is 5.75 Å². The molecule has 5 rings (SSSR count). The minimum Gasteiger partial charge on any atom is -0.504 e. The number of nitrogens with zero attached hydrogens (tertiary/aromatic N) is 5. The van der Waals surface area contributed by atoms with Crippen LogP contribution in [0.1, 0.15) is 55.5 Å². The third kappa shape index (κ3) is 13.2. The van der Waals surface area contributed by atoms with E-state index >= 15 is 0 Å². The molecule has 2 fully saturated rings. The Morgan fingerprint density at radius 1 is 0.759 bits per heavy atom. The van der Waals surface area contributed by atoms with Crippen LogP contribution in [0.15, 0.2) is 66.7 Å². The molecule has 298 valence electrons. The molecule has 15 nitrogen and oxygen atoms in total. The zero-order valence-corrected chi connectivity index (χ0v) is 32.5. The number of amides is 2. The maximum Gasteiger partial charge on any atom is 0.410 e. The van der Waals surface area contributed by atoms with E-state index in [0.717, 1.165) is 5.56 Å². The molecule has 0 spiro atoms. The minimum absolute atomic E-state index is 0. The number of anilines is 3. The fourth-order valence-corrected chi connectivity index (χ4v) is 5.50. The van der Waals surface area contributed by atoms with E-state index in [1.165, 1.54) is 6.07 Å². The highest BCUT2D eigenvalue weighted by molar-refractivity contribution is 5.72. The molecule has 3 aromatic rings. The Labute approximate surface area is 319 Å². The summed E-state index contributed by atoms with van der Waals surface area (Å²) in [4.78, 5) is 42.8. The molecule has 2 saturated heterocycles. The predicted octanol–water partition coefficient (Wildman–Crippen LogP) is 6.51. The number of aliphatic hydroxyl groups is 1. The summed E-state index contributed by atoms with van der Waals surface area (Å²) in [5.41, 5.74) is 7.26. The minimum atomic E-state index is -0.549. The lowest BCUT2D eigenvalue weighted by Crippen LogP contribution is -2.50. The van der Waals surface area contributed by atoms with E-state index in [-0.39, 0.29) is 44.0 Å². The van der Waals surface area contributed by atoms with E-state index < -0.39 is 16.1 Å². The smallest absolute Gasteiger partial charge is 0.410 e. The molecular formula is C39H58N6O9. The van der Waals surface area contributed by atoms with E-state index in [2.05, 4.69) is 0 Å². The van der Waals surface area contributed by atoms with Crippen molar-refractivity contribution in [3.63, 3.8) is 0 Å². The summed E-state index contributed by atoms with van der Waals surface area (Å²) in [6.45, 7) is 17.6. The number of rotatable bonds is 6. The molecule has 0 aromatic heterocycles. The molecule has 3 aromatic carbocycles. The van der Waals surface area contributed by atoms with Gasteiger partial charge >= 0.3 is 17.9 Å². The van der Waals surface area contributed by atoms with Gasteiger partial charge in [0.1, 0.15) is 17.8 Å². The molecule has 0 aliphatic carbocycles. The van der Waals surface area contributed by atoms with Crippen LogP contribution in [0.4, 0.5) is 32.3 Å². The number of carbonyl (C=O) groups is 2. The number of phenols is 1. The first-order valence-electron chi connectivity index (χ1n) is 18.0. The summed E-state index contributed by atoms with van der Waals surface area (Å²) in [6.07, 6.45) is -0.638. The monoisotopic (exact) mass is 754 g/mol. The number of ether oxygens (including phenoxy) is 3. The van der Waals surface area contributed by atoms with Crippen LogP contribution in [-0.2, 0) is 16.1 Å². The van der Waals surface area contributed by atoms with Crippen LogP contribution in [0.2, 0.25) is 0 Å². The Morgan fingerprint density at radius 2 is 1.20 bits per heavy atom. The van der Waals surface area contributed by atoms with Crippen LogP contribution in [0.5, 0.6) is 11.5 Å². The van der Waals surface area contributed by atoms with Crippen LogP contribution in [0, 0.1) is 10.1 Å². The summed E-state index contributed by atoms with van der Waals surface area (Å²) < 4.78 is 16.7. The number of hydrogen-bond acceptors (Lipinski definition) is 12. The summed E-state index contributed by atoms with van der Waals surface area (Å²) in [5, 5.41) is 29.2. The highest BCUT2D eigenvalue weighted by Crippen LogP contribution is 2.38. The third-order valence-electron chi connectivity index (χ3n) is 7.99. The number of carbonyl (C=O) groups excluding carboxylic acids is 2. The second kappa shape index (κ2) is 19.6. The zero-order valence-electron chi connectivity index (χ0n) is 32.5. The maximum absolute atomic E-state index is 12.3. The SMILES string of the molecule is CC(C)(C)OC(=O)N1CCN(c2cccc(N)c2O)CC1.CC(C)(C)OC(=O)N1CCN(c2cccc([N+](=O)[O-])c2OCc2ccccc2)CC1.CCO.[HH]. The van der Waals surface area contributed by atoms with Crippen LogP contribution in [0.3, 0.4) is 0 Å². The number of aromatic hydroxyl groups is 1. The second-order valence-corrected chi connectivity index (χ2v) is 14.6. The lowest BCUT2D eigenvalue weighted by atomic mass is 10.2. The lowest BCUT2D eigenvalue weighted by Gasteiger charge is -2.37. The summed E-state index contributed by atoms with van der Waals surface area (Å²) in [5.74, 6) is 0.347. The quantitative estimate of drug-likeness (QED) is 0.108. The lowest BCUT2D eigenvalue weighted by molar-refractivity contribution is -0.385. The van der Waals surface area contributed by atoms with Gasteiger partial charge in [0.05, 0.1) is 22.0 Å². The number of benzene rings is 3. The second-order valence-electron chi connectivity index (χ2n) is 14.6. The molecule has 2 aliphatic heterocycles. The Bertz CT molecular complexity index is 1670. The van der Waals surface area contributed by atoms with Crippen LogP contribution < -0.4 is 20.3 Å². The van der Waals surface area contributed by atoms with Gasteiger partial charge in [-0.05, 0) is 72.2 Å². The standard InChI is InChI=1S/C22H27N3O5.C15H23N3O3.C2H6O.H2/c1-22(2,3)30-21(26)24-14-12-23(13-15-24)18-10-7-11-19(25(27)28)20(18)29-16-17-8-5-4-6-9-17;1-15(2,3)21-14(20)18-9-7-17(8-10-18)12-6-4-5-11(16)13(12)19;1-2-3;/h4-11H,12-16H2,1-3H3;4-6,19H,7-10,16H2,1-3H3;3H,2H2,1H3;1H. The number of hydrogen-bond donors (Lipinski definition) is 3. The van der Waals surface area contributed by atoms with Gasteiger partial charge in [0, 0.05) is 66.5 Å².